The smallest absolute Gasteiger partial charge is 0.229 e. The van der Waals surface area contributed by atoms with Gasteiger partial charge in [-0.2, -0.15) is 0 Å². The number of β-amino-alcohol motifs (C(OH)–C–C–N with tert-alkyl or cyclic N) is 1. The van der Waals surface area contributed by atoms with Gasteiger partial charge in [0.25, 0.3) is 0 Å². The molecular weight excluding hydrogens is 250 g/mol. The summed E-state index contributed by atoms with van der Waals surface area (Å²) in [6.45, 7) is 6.04. The molecule has 0 aliphatic carbocycles. The molecule has 0 saturated carbocycles. The van der Waals surface area contributed by atoms with Crippen LogP contribution in [0.1, 0.15) is 10.7 Å². The Labute approximate surface area is 111 Å². The molecule has 0 atom stereocenters. The van der Waals surface area contributed by atoms with Gasteiger partial charge in [0.05, 0.1) is 13.0 Å². The molecule has 1 aliphatic heterocycles. The van der Waals surface area contributed by atoms with E-state index in [2.05, 4.69) is 9.88 Å². The van der Waals surface area contributed by atoms with E-state index in [0.29, 0.717) is 13.0 Å². The molecule has 1 amide bonds. The van der Waals surface area contributed by atoms with Crippen molar-refractivity contribution < 1.29 is 9.90 Å². The third-order valence-corrected chi connectivity index (χ3v) is 4.08. The zero-order valence-electron chi connectivity index (χ0n) is 10.6. The summed E-state index contributed by atoms with van der Waals surface area (Å²) in [6.07, 6.45) is 0.415. The van der Waals surface area contributed by atoms with Crippen LogP contribution in [0.4, 0.5) is 0 Å². The number of piperazine rings is 1. The number of aliphatic hydroxyl groups excluding tert-OH is 1. The number of aliphatic hydroxyl groups is 1. The van der Waals surface area contributed by atoms with Gasteiger partial charge in [-0.3, -0.25) is 9.69 Å². The molecule has 18 heavy (non-hydrogen) atoms. The molecule has 5 nitrogen and oxygen atoms in total. The summed E-state index contributed by atoms with van der Waals surface area (Å²) in [6, 6.07) is 0. The minimum absolute atomic E-state index is 0.160. The molecular formula is C12H19N3O2S. The molecule has 0 radical (unpaired) electrons. The second-order valence-electron chi connectivity index (χ2n) is 4.51. The van der Waals surface area contributed by atoms with Crippen LogP contribution in [0.2, 0.25) is 0 Å². The lowest BCUT2D eigenvalue weighted by molar-refractivity contribution is -0.132. The van der Waals surface area contributed by atoms with Gasteiger partial charge in [0.1, 0.15) is 5.01 Å². The van der Waals surface area contributed by atoms with Crippen LogP contribution in [0.5, 0.6) is 0 Å². The van der Waals surface area contributed by atoms with Crippen molar-refractivity contribution >= 4 is 17.2 Å². The van der Waals surface area contributed by atoms with Crippen molar-refractivity contribution in [3.8, 4) is 0 Å². The lowest BCUT2D eigenvalue weighted by Gasteiger charge is -2.34. The molecule has 0 aromatic carbocycles. The third kappa shape index (κ3) is 3.51. The molecule has 2 rings (SSSR count). The van der Waals surface area contributed by atoms with E-state index in [1.165, 1.54) is 0 Å². The van der Waals surface area contributed by atoms with E-state index >= 15 is 0 Å². The number of aromatic nitrogens is 1. The molecule has 0 unspecified atom stereocenters. The van der Waals surface area contributed by atoms with Crippen molar-refractivity contribution in [2.75, 3.05) is 39.3 Å². The fourth-order valence-electron chi connectivity index (χ4n) is 2.09. The average molecular weight is 269 g/mol. The fraction of sp³-hybridized carbons (Fsp3) is 0.667. The predicted octanol–water partition coefficient (Wildman–Crippen LogP) is 0.131. The van der Waals surface area contributed by atoms with Crippen LogP contribution in [-0.4, -0.2) is 65.1 Å². The Morgan fingerprint density at radius 1 is 1.44 bits per heavy atom. The Bertz CT molecular complexity index is 400. The van der Waals surface area contributed by atoms with Crippen LogP contribution in [0.15, 0.2) is 5.38 Å². The summed E-state index contributed by atoms with van der Waals surface area (Å²) >= 11 is 1.55. The number of rotatable bonds is 4. The number of hydrogen-bond donors (Lipinski definition) is 1. The summed E-state index contributed by atoms with van der Waals surface area (Å²) in [7, 11) is 0. The Balaban J connectivity index is 1.80. The zero-order valence-corrected chi connectivity index (χ0v) is 11.4. The molecule has 1 fully saturated rings. The average Bonchev–Trinajstić information content (AvgIpc) is 2.76. The van der Waals surface area contributed by atoms with Crippen LogP contribution in [0.25, 0.3) is 0 Å². The molecule has 1 aromatic heterocycles. The van der Waals surface area contributed by atoms with Crippen molar-refractivity contribution in [3.05, 3.63) is 16.1 Å². The summed E-state index contributed by atoms with van der Waals surface area (Å²) in [5, 5.41) is 11.7. The van der Waals surface area contributed by atoms with Gasteiger partial charge < -0.3 is 10.0 Å². The third-order valence-electron chi connectivity index (χ3n) is 3.11. The van der Waals surface area contributed by atoms with E-state index in [1.807, 2.05) is 17.2 Å². The molecule has 2 heterocycles. The van der Waals surface area contributed by atoms with Gasteiger partial charge in [0, 0.05) is 43.8 Å². The summed E-state index contributed by atoms with van der Waals surface area (Å²) in [4.78, 5) is 20.5. The SMILES string of the molecule is Cc1csc(CC(=O)N2CCN(CCO)CC2)n1. The lowest BCUT2D eigenvalue weighted by Crippen LogP contribution is -2.49. The van der Waals surface area contributed by atoms with E-state index in [4.69, 9.17) is 5.11 Å². The molecule has 1 N–H and O–H groups in total. The first-order chi connectivity index (χ1) is 8.69. The largest absolute Gasteiger partial charge is 0.395 e. The number of carbonyl (C=O) groups is 1. The number of hydrogen-bond acceptors (Lipinski definition) is 5. The summed E-state index contributed by atoms with van der Waals surface area (Å²) in [5.74, 6) is 0.160. The number of carbonyl (C=O) groups excluding carboxylic acids is 1. The van der Waals surface area contributed by atoms with Crippen LogP contribution in [0, 0.1) is 6.92 Å². The maximum absolute atomic E-state index is 12.1. The Morgan fingerprint density at radius 3 is 2.72 bits per heavy atom. The minimum atomic E-state index is 0.160. The van der Waals surface area contributed by atoms with Gasteiger partial charge in [0.2, 0.25) is 5.91 Å². The van der Waals surface area contributed by atoms with Crippen molar-refractivity contribution in [1.82, 2.24) is 14.8 Å². The first kappa shape index (κ1) is 13.5. The molecule has 1 saturated heterocycles. The van der Waals surface area contributed by atoms with Gasteiger partial charge in [-0.15, -0.1) is 11.3 Å². The minimum Gasteiger partial charge on any atom is -0.395 e. The first-order valence-electron chi connectivity index (χ1n) is 6.21. The lowest BCUT2D eigenvalue weighted by atomic mass is 10.3. The second kappa shape index (κ2) is 6.26. The standard InChI is InChI=1S/C12H19N3O2S/c1-10-9-18-11(13-10)8-12(17)15-4-2-14(3-5-15)6-7-16/h9,16H,2-8H2,1H3. The van der Waals surface area contributed by atoms with Crippen LogP contribution in [-0.2, 0) is 11.2 Å². The molecule has 0 spiro atoms. The Morgan fingerprint density at radius 2 is 2.17 bits per heavy atom. The fourth-order valence-corrected chi connectivity index (χ4v) is 2.85. The summed E-state index contributed by atoms with van der Waals surface area (Å²) < 4.78 is 0. The van der Waals surface area contributed by atoms with Crippen molar-refractivity contribution in [1.29, 1.82) is 0 Å². The molecule has 1 aromatic rings. The van der Waals surface area contributed by atoms with Gasteiger partial charge in [-0.1, -0.05) is 0 Å². The Hall–Kier alpha value is -0.980. The van der Waals surface area contributed by atoms with E-state index < -0.39 is 0 Å². The van der Waals surface area contributed by atoms with E-state index in [0.717, 1.165) is 36.9 Å². The molecule has 6 heteroatoms. The maximum atomic E-state index is 12.1. The topological polar surface area (TPSA) is 56.7 Å². The highest BCUT2D eigenvalue weighted by Crippen LogP contribution is 2.11. The summed E-state index contributed by atoms with van der Waals surface area (Å²) in [5.41, 5.74) is 0.982. The van der Waals surface area contributed by atoms with Gasteiger partial charge >= 0.3 is 0 Å². The monoisotopic (exact) mass is 269 g/mol. The van der Waals surface area contributed by atoms with Crippen molar-refractivity contribution in [2.24, 2.45) is 0 Å². The zero-order chi connectivity index (χ0) is 13.0. The van der Waals surface area contributed by atoms with Gasteiger partial charge in [-0.25, -0.2) is 4.98 Å². The first-order valence-corrected chi connectivity index (χ1v) is 7.09. The van der Waals surface area contributed by atoms with E-state index in [-0.39, 0.29) is 12.5 Å². The van der Waals surface area contributed by atoms with Crippen molar-refractivity contribution in [3.63, 3.8) is 0 Å². The Kier molecular flexibility index (Phi) is 4.68. The highest BCUT2D eigenvalue weighted by atomic mass is 32.1. The van der Waals surface area contributed by atoms with Gasteiger partial charge in [-0.05, 0) is 6.92 Å². The highest BCUT2D eigenvalue weighted by Gasteiger charge is 2.21. The molecule has 1 aliphatic rings. The maximum Gasteiger partial charge on any atom is 0.229 e. The van der Waals surface area contributed by atoms with E-state index in [9.17, 15) is 4.79 Å². The normalized spacial score (nSPS) is 17.1. The number of thiazole rings is 1. The van der Waals surface area contributed by atoms with Crippen LogP contribution >= 0.6 is 11.3 Å². The van der Waals surface area contributed by atoms with Crippen molar-refractivity contribution in [2.45, 2.75) is 13.3 Å². The quantitative estimate of drug-likeness (QED) is 0.844. The van der Waals surface area contributed by atoms with Crippen LogP contribution in [0.3, 0.4) is 0 Å². The predicted molar refractivity (Wildman–Crippen MR) is 70.7 cm³/mol. The highest BCUT2D eigenvalue weighted by molar-refractivity contribution is 7.09. The van der Waals surface area contributed by atoms with E-state index in [1.54, 1.807) is 11.3 Å². The second-order valence-corrected chi connectivity index (χ2v) is 5.45. The number of aryl methyl sites for hydroxylation is 1. The molecule has 100 valence electrons. The van der Waals surface area contributed by atoms with Crippen LogP contribution < -0.4 is 0 Å². The number of amides is 1. The molecule has 0 bridgehead atoms. The van der Waals surface area contributed by atoms with Gasteiger partial charge in [0.15, 0.2) is 0 Å². The number of nitrogens with zero attached hydrogens (tertiary/aromatic N) is 3.